The van der Waals surface area contributed by atoms with E-state index < -0.39 is 0 Å². The lowest BCUT2D eigenvalue weighted by Gasteiger charge is -2.01. The molecule has 19 heavy (non-hydrogen) atoms. The highest BCUT2D eigenvalue weighted by atomic mass is 16.2. The summed E-state index contributed by atoms with van der Waals surface area (Å²) in [5.74, 6) is 0.691. The number of nitrogens with one attached hydrogen (secondary N) is 2. The minimum Gasteiger partial charge on any atom is -0.349 e. The molecule has 0 unspecified atom stereocenters. The summed E-state index contributed by atoms with van der Waals surface area (Å²) in [7, 11) is 0. The van der Waals surface area contributed by atoms with Crippen LogP contribution in [-0.4, -0.2) is 32.6 Å². The Morgan fingerprint density at radius 1 is 1.37 bits per heavy atom. The van der Waals surface area contributed by atoms with Gasteiger partial charge in [0.05, 0.1) is 0 Å². The average molecular weight is 259 g/mol. The van der Waals surface area contributed by atoms with Crippen molar-refractivity contribution in [1.82, 2.24) is 25.5 Å². The second-order valence-corrected chi connectivity index (χ2v) is 4.18. The third-order valence-corrected chi connectivity index (χ3v) is 2.61. The Balaban J connectivity index is 1.80. The lowest BCUT2D eigenvalue weighted by atomic mass is 10.3. The molecule has 0 aliphatic carbocycles. The van der Waals surface area contributed by atoms with Crippen molar-refractivity contribution in [3.05, 3.63) is 41.7 Å². The molecule has 2 aromatic heterocycles. The van der Waals surface area contributed by atoms with Gasteiger partial charge in [0, 0.05) is 31.3 Å². The van der Waals surface area contributed by atoms with Gasteiger partial charge in [0.25, 0.3) is 5.91 Å². The van der Waals surface area contributed by atoms with Gasteiger partial charge in [-0.05, 0) is 18.6 Å². The van der Waals surface area contributed by atoms with Crippen LogP contribution in [0.1, 0.15) is 35.5 Å². The number of rotatable bonds is 6. The first kappa shape index (κ1) is 13.2. The fourth-order valence-corrected chi connectivity index (χ4v) is 1.67. The van der Waals surface area contributed by atoms with Crippen molar-refractivity contribution in [2.24, 2.45) is 0 Å². The summed E-state index contributed by atoms with van der Waals surface area (Å²) in [5, 5.41) is 9.44. The molecule has 0 bridgehead atoms. The second kappa shape index (κ2) is 6.63. The molecular weight excluding hydrogens is 242 g/mol. The van der Waals surface area contributed by atoms with Gasteiger partial charge in [0.15, 0.2) is 0 Å². The van der Waals surface area contributed by atoms with Crippen molar-refractivity contribution in [3.63, 3.8) is 0 Å². The van der Waals surface area contributed by atoms with E-state index in [9.17, 15) is 4.79 Å². The number of pyridine rings is 1. The number of aromatic amines is 1. The van der Waals surface area contributed by atoms with Gasteiger partial charge >= 0.3 is 0 Å². The minimum atomic E-state index is -0.255. The molecule has 0 radical (unpaired) electrons. The molecule has 6 nitrogen and oxygen atoms in total. The van der Waals surface area contributed by atoms with E-state index in [1.165, 1.54) is 0 Å². The van der Waals surface area contributed by atoms with Crippen LogP contribution in [-0.2, 0) is 12.8 Å². The molecule has 0 fully saturated rings. The molecule has 2 aromatic rings. The number of nitrogens with zero attached hydrogens (tertiary/aromatic N) is 3. The lowest BCUT2D eigenvalue weighted by molar-refractivity contribution is 0.0944. The summed E-state index contributed by atoms with van der Waals surface area (Å²) in [6.45, 7) is 2.57. The quantitative estimate of drug-likeness (QED) is 0.814. The van der Waals surface area contributed by atoms with Crippen LogP contribution in [0.15, 0.2) is 24.4 Å². The summed E-state index contributed by atoms with van der Waals surface area (Å²) < 4.78 is 0. The monoisotopic (exact) mass is 259 g/mol. The number of amides is 1. The molecule has 2 heterocycles. The summed E-state index contributed by atoms with van der Waals surface area (Å²) in [5.41, 5.74) is 0.949. The Kier molecular flexibility index (Phi) is 4.60. The number of carbonyl (C=O) groups is 1. The van der Waals surface area contributed by atoms with Gasteiger partial charge in [-0.2, -0.15) is 0 Å². The van der Waals surface area contributed by atoms with Crippen molar-refractivity contribution in [1.29, 1.82) is 0 Å². The van der Waals surface area contributed by atoms with E-state index in [-0.39, 0.29) is 11.7 Å². The molecule has 0 aliphatic rings. The Hall–Kier alpha value is -2.24. The highest BCUT2D eigenvalue weighted by molar-refractivity contribution is 5.90. The molecule has 6 heteroatoms. The molecule has 0 atom stereocenters. The van der Waals surface area contributed by atoms with E-state index in [4.69, 9.17) is 0 Å². The van der Waals surface area contributed by atoms with Gasteiger partial charge < -0.3 is 5.32 Å². The number of carbonyl (C=O) groups excluding carboxylic acids is 1. The van der Waals surface area contributed by atoms with E-state index in [1.807, 2.05) is 18.2 Å². The zero-order valence-electron chi connectivity index (χ0n) is 10.9. The van der Waals surface area contributed by atoms with Gasteiger partial charge in [-0.3, -0.25) is 14.9 Å². The van der Waals surface area contributed by atoms with Crippen molar-refractivity contribution >= 4 is 5.91 Å². The largest absolute Gasteiger partial charge is 0.349 e. The maximum absolute atomic E-state index is 11.8. The van der Waals surface area contributed by atoms with E-state index >= 15 is 0 Å². The van der Waals surface area contributed by atoms with Crippen LogP contribution < -0.4 is 5.32 Å². The zero-order chi connectivity index (χ0) is 13.5. The Labute approximate surface area is 111 Å². The van der Waals surface area contributed by atoms with E-state index in [0.29, 0.717) is 13.0 Å². The maximum Gasteiger partial charge on any atom is 0.290 e. The molecule has 1 amide bonds. The van der Waals surface area contributed by atoms with Gasteiger partial charge in [-0.25, -0.2) is 4.98 Å². The van der Waals surface area contributed by atoms with Gasteiger partial charge in [0.1, 0.15) is 5.82 Å². The normalized spacial score (nSPS) is 10.4. The highest BCUT2D eigenvalue weighted by Crippen LogP contribution is 1.97. The zero-order valence-corrected chi connectivity index (χ0v) is 10.9. The van der Waals surface area contributed by atoms with Crippen molar-refractivity contribution in [2.45, 2.75) is 26.2 Å². The Morgan fingerprint density at radius 2 is 2.26 bits per heavy atom. The third kappa shape index (κ3) is 3.87. The molecular formula is C13H17N5O. The SMILES string of the molecule is CCCc1nc(C(=O)NCCc2ccccn2)n[nH]1. The molecule has 0 spiro atoms. The summed E-state index contributed by atoms with van der Waals surface area (Å²) >= 11 is 0. The van der Waals surface area contributed by atoms with Gasteiger partial charge in [-0.15, -0.1) is 5.10 Å². The number of hydrogen-bond donors (Lipinski definition) is 2. The number of aromatic nitrogens is 4. The summed E-state index contributed by atoms with van der Waals surface area (Å²) in [6.07, 6.45) is 4.20. The number of H-pyrrole nitrogens is 1. The second-order valence-electron chi connectivity index (χ2n) is 4.18. The Morgan fingerprint density at radius 3 is 3.00 bits per heavy atom. The first-order valence-electron chi connectivity index (χ1n) is 6.39. The molecule has 0 aromatic carbocycles. The molecule has 0 aliphatic heterocycles. The van der Waals surface area contributed by atoms with Crippen LogP contribution in [0.3, 0.4) is 0 Å². The van der Waals surface area contributed by atoms with Gasteiger partial charge in [0.2, 0.25) is 5.82 Å². The fraction of sp³-hybridized carbons (Fsp3) is 0.385. The van der Waals surface area contributed by atoms with Crippen LogP contribution in [0, 0.1) is 0 Å². The molecule has 0 saturated heterocycles. The van der Waals surface area contributed by atoms with Crippen LogP contribution in [0.4, 0.5) is 0 Å². The van der Waals surface area contributed by atoms with Crippen LogP contribution in [0.5, 0.6) is 0 Å². The van der Waals surface area contributed by atoms with E-state index in [1.54, 1.807) is 6.20 Å². The molecule has 0 saturated carbocycles. The molecule has 2 rings (SSSR count). The highest BCUT2D eigenvalue weighted by Gasteiger charge is 2.11. The van der Waals surface area contributed by atoms with Gasteiger partial charge in [-0.1, -0.05) is 13.0 Å². The Bertz CT molecular complexity index is 523. The number of hydrogen-bond acceptors (Lipinski definition) is 4. The minimum absolute atomic E-state index is 0.199. The number of aryl methyl sites for hydroxylation is 1. The van der Waals surface area contributed by atoms with Crippen LogP contribution in [0.25, 0.3) is 0 Å². The smallest absolute Gasteiger partial charge is 0.290 e. The predicted octanol–water partition coefficient (Wildman–Crippen LogP) is 1.12. The molecule has 2 N–H and O–H groups in total. The van der Waals surface area contributed by atoms with Crippen LogP contribution in [0.2, 0.25) is 0 Å². The van der Waals surface area contributed by atoms with E-state index in [2.05, 4.69) is 32.4 Å². The predicted molar refractivity (Wildman–Crippen MR) is 70.7 cm³/mol. The first-order valence-corrected chi connectivity index (χ1v) is 6.39. The fourth-order valence-electron chi connectivity index (χ4n) is 1.67. The topological polar surface area (TPSA) is 83.6 Å². The third-order valence-electron chi connectivity index (χ3n) is 2.61. The summed E-state index contributed by atoms with van der Waals surface area (Å²) in [4.78, 5) is 20.1. The standard InChI is InChI=1S/C13H17N5O/c1-2-5-11-16-12(18-17-11)13(19)15-9-7-10-6-3-4-8-14-10/h3-4,6,8H,2,5,7,9H2,1H3,(H,15,19)(H,16,17,18). The lowest BCUT2D eigenvalue weighted by Crippen LogP contribution is -2.27. The van der Waals surface area contributed by atoms with E-state index in [0.717, 1.165) is 24.4 Å². The molecule has 100 valence electrons. The van der Waals surface area contributed by atoms with Crippen molar-refractivity contribution in [2.75, 3.05) is 6.54 Å². The van der Waals surface area contributed by atoms with Crippen LogP contribution >= 0.6 is 0 Å². The average Bonchev–Trinajstić information content (AvgIpc) is 2.89. The van der Waals surface area contributed by atoms with Crippen molar-refractivity contribution in [3.8, 4) is 0 Å². The summed E-state index contributed by atoms with van der Waals surface area (Å²) in [6, 6.07) is 5.72. The maximum atomic E-state index is 11.8. The first-order chi connectivity index (χ1) is 9.29. The van der Waals surface area contributed by atoms with Crippen molar-refractivity contribution < 1.29 is 4.79 Å².